The van der Waals surface area contributed by atoms with E-state index in [-0.39, 0.29) is 6.04 Å². The third kappa shape index (κ3) is 2.69. The second kappa shape index (κ2) is 6.14. The molecular weight excluding hydrogens is 361 g/mol. The number of rotatable bonds is 3. The van der Waals surface area contributed by atoms with Crippen LogP contribution in [0.2, 0.25) is 0 Å². The highest BCUT2D eigenvalue weighted by atomic mass is 127. The molecule has 2 rings (SSSR count). The molecule has 0 heterocycles. The van der Waals surface area contributed by atoms with E-state index >= 15 is 0 Å². The number of ether oxygens (including phenoxy) is 1. The third-order valence-corrected chi connectivity index (χ3v) is 5.28. The van der Waals surface area contributed by atoms with Crippen LogP contribution in [0.4, 0.5) is 0 Å². The van der Waals surface area contributed by atoms with Crippen LogP contribution >= 0.6 is 22.6 Å². The summed E-state index contributed by atoms with van der Waals surface area (Å²) in [6.45, 7) is 6.27. The van der Waals surface area contributed by atoms with E-state index in [2.05, 4.69) is 73.7 Å². The van der Waals surface area contributed by atoms with Gasteiger partial charge in [-0.1, -0.05) is 30.3 Å². The van der Waals surface area contributed by atoms with Crippen molar-refractivity contribution in [2.45, 2.75) is 26.8 Å². The monoisotopic (exact) mass is 381 g/mol. The van der Waals surface area contributed by atoms with Crippen molar-refractivity contribution in [3.63, 3.8) is 0 Å². The third-order valence-electron chi connectivity index (χ3n) is 3.80. The number of hydrogen-bond acceptors (Lipinski definition) is 2. The van der Waals surface area contributed by atoms with E-state index in [1.807, 2.05) is 0 Å². The van der Waals surface area contributed by atoms with Crippen LogP contribution < -0.4 is 10.5 Å². The molecule has 0 aliphatic rings. The quantitative estimate of drug-likeness (QED) is 0.806. The van der Waals surface area contributed by atoms with Crippen molar-refractivity contribution >= 4 is 22.6 Å². The van der Waals surface area contributed by atoms with Crippen LogP contribution in [0.1, 0.15) is 33.9 Å². The fraction of sp³-hybridized carbons (Fsp3) is 0.294. The molecule has 2 N–H and O–H groups in total. The van der Waals surface area contributed by atoms with Crippen LogP contribution in [-0.4, -0.2) is 7.11 Å². The maximum atomic E-state index is 6.50. The van der Waals surface area contributed by atoms with Crippen LogP contribution in [0.25, 0.3) is 0 Å². The zero-order valence-electron chi connectivity index (χ0n) is 12.3. The van der Waals surface area contributed by atoms with Crippen LogP contribution in [0.3, 0.4) is 0 Å². The summed E-state index contributed by atoms with van der Waals surface area (Å²) in [5.74, 6) is 0.898. The standard InChI is InChI=1S/C17H20INO/c1-10-8-9-14(17(20-4)12(10)3)16(19)13-7-5-6-11(2)15(13)18/h5-9,16H,19H2,1-4H3. The number of benzene rings is 2. The highest BCUT2D eigenvalue weighted by Gasteiger charge is 2.19. The predicted molar refractivity (Wildman–Crippen MR) is 92.4 cm³/mol. The molecule has 0 aliphatic heterocycles. The molecule has 0 fully saturated rings. The molecule has 0 saturated carbocycles. The number of aryl methyl sites for hydroxylation is 2. The van der Waals surface area contributed by atoms with E-state index < -0.39 is 0 Å². The minimum Gasteiger partial charge on any atom is -0.496 e. The van der Waals surface area contributed by atoms with Crippen molar-refractivity contribution in [2.75, 3.05) is 7.11 Å². The summed E-state index contributed by atoms with van der Waals surface area (Å²) >= 11 is 2.37. The van der Waals surface area contributed by atoms with E-state index in [9.17, 15) is 0 Å². The molecule has 1 atom stereocenters. The Bertz CT molecular complexity index is 637. The first-order valence-corrected chi connectivity index (χ1v) is 7.70. The maximum absolute atomic E-state index is 6.50. The van der Waals surface area contributed by atoms with Crippen LogP contribution in [0.15, 0.2) is 30.3 Å². The summed E-state index contributed by atoms with van der Waals surface area (Å²) < 4.78 is 6.81. The Balaban J connectivity index is 2.56. The smallest absolute Gasteiger partial charge is 0.127 e. The number of nitrogens with two attached hydrogens (primary N) is 1. The van der Waals surface area contributed by atoms with E-state index in [0.29, 0.717) is 0 Å². The zero-order valence-corrected chi connectivity index (χ0v) is 14.5. The Hall–Kier alpha value is -1.07. The molecule has 20 heavy (non-hydrogen) atoms. The normalized spacial score (nSPS) is 12.3. The van der Waals surface area contributed by atoms with E-state index in [1.54, 1.807) is 7.11 Å². The SMILES string of the molecule is COc1c(C(N)c2cccc(C)c2I)ccc(C)c1C. The molecule has 2 aromatic carbocycles. The molecule has 0 spiro atoms. The fourth-order valence-electron chi connectivity index (χ4n) is 2.40. The van der Waals surface area contributed by atoms with Gasteiger partial charge in [0.25, 0.3) is 0 Å². The van der Waals surface area contributed by atoms with Gasteiger partial charge in [0.05, 0.1) is 13.2 Å². The van der Waals surface area contributed by atoms with E-state index in [1.165, 1.54) is 14.7 Å². The van der Waals surface area contributed by atoms with Gasteiger partial charge >= 0.3 is 0 Å². The lowest BCUT2D eigenvalue weighted by molar-refractivity contribution is 0.404. The van der Waals surface area contributed by atoms with Gasteiger partial charge in [-0.05, 0) is 65.6 Å². The van der Waals surface area contributed by atoms with Gasteiger partial charge in [-0.15, -0.1) is 0 Å². The molecule has 0 aliphatic carbocycles. The van der Waals surface area contributed by atoms with E-state index in [0.717, 1.165) is 22.4 Å². The van der Waals surface area contributed by atoms with E-state index in [4.69, 9.17) is 10.5 Å². The van der Waals surface area contributed by atoms with Gasteiger partial charge < -0.3 is 10.5 Å². The average molecular weight is 381 g/mol. The molecule has 1 unspecified atom stereocenters. The molecule has 2 aromatic rings. The first-order chi connectivity index (χ1) is 9.47. The van der Waals surface area contributed by atoms with Crippen molar-refractivity contribution in [3.8, 4) is 5.75 Å². The van der Waals surface area contributed by atoms with Crippen molar-refractivity contribution in [3.05, 3.63) is 61.7 Å². The average Bonchev–Trinajstić information content (AvgIpc) is 2.44. The summed E-state index contributed by atoms with van der Waals surface area (Å²) in [4.78, 5) is 0. The van der Waals surface area contributed by atoms with Gasteiger partial charge in [-0.25, -0.2) is 0 Å². The van der Waals surface area contributed by atoms with Crippen LogP contribution in [-0.2, 0) is 0 Å². The van der Waals surface area contributed by atoms with Gasteiger partial charge in [0.15, 0.2) is 0 Å². The Morgan fingerprint density at radius 2 is 1.70 bits per heavy atom. The lowest BCUT2D eigenvalue weighted by atomic mass is 9.94. The zero-order chi connectivity index (χ0) is 14.9. The van der Waals surface area contributed by atoms with Crippen molar-refractivity contribution in [1.29, 1.82) is 0 Å². The largest absolute Gasteiger partial charge is 0.496 e. The maximum Gasteiger partial charge on any atom is 0.127 e. The second-order valence-electron chi connectivity index (χ2n) is 5.09. The molecule has 0 radical (unpaired) electrons. The van der Waals surface area contributed by atoms with Gasteiger partial charge in [-0.2, -0.15) is 0 Å². The highest BCUT2D eigenvalue weighted by molar-refractivity contribution is 14.1. The van der Waals surface area contributed by atoms with Crippen molar-refractivity contribution in [1.82, 2.24) is 0 Å². The molecule has 2 nitrogen and oxygen atoms in total. The number of halogens is 1. The topological polar surface area (TPSA) is 35.2 Å². The fourth-order valence-corrected chi connectivity index (χ4v) is 3.10. The minimum atomic E-state index is -0.170. The summed E-state index contributed by atoms with van der Waals surface area (Å²) in [6.07, 6.45) is 0. The number of methoxy groups -OCH3 is 1. The Morgan fingerprint density at radius 3 is 2.35 bits per heavy atom. The second-order valence-corrected chi connectivity index (χ2v) is 6.16. The molecule has 0 amide bonds. The summed E-state index contributed by atoms with van der Waals surface area (Å²) in [5.41, 5.74) is 12.3. The molecule has 0 aromatic heterocycles. The van der Waals surface area contributed by atoms with Gasteiger partial charge in [0, 0.05) is 9.13 Å². The van der Waals surface area contributed by atoms with Crippen molar-refractivity contribution < 1.29 is 4.74 Å². The Labute approximate surface area is 134 Å². The molecule has 0 saturated heterocycles. The lowest BCUT2D eigenvalue weighted by Crippen LogP contribution is -2.15. The number of hydrogen-bond donors (Lipinski definition) is 1. The summed E-state index contributed by atoms with van der Waals surface area (Å²) in [7, 11) is 1.71. The lowest BCUT2D eigenvalue weighted by Gasteiger charge is -2.20. The Kier molecular flexibility index (Phi) is 4.70. The van der Waals surface area contributed by atoms with Gasteiger partial charge in [0.1, 0.15) is 5.75 Å². The van der Waals surface area contributed by atoms with Crippen LogP contribution in [0.5, 0.6) is 5.75 Å². The molecule has 0 bridgehead atoms. The first kappa shape index (κ1) is 15.3. The van der Waals surface area contributed by atoms with Gasteiger partial charge in [-0.3, -0.25) is 0 Å². The van der Waals surface area contributed by atoms with Crippen molar-refractivity contribution in [2.24, 2.45) is 5.73 Å². The first-order valence-electron chi connectivity index (χ1n) is 6.62. The van der Waals surface area contributed by atoms with Crippen LogP contribution in [0, 0.1) is 24.3 Å². The van der Waals surface area contributed by atoms with Gasteiger partial charge in [0.2, 0.25) is 0 Å². The molecule has 3 heteroatoms. The minimum absolute atomic E-state index is 0.170. The summed E-state index contributed by atoms with van der Waals surface area (Å²) in [5, 5.41) is 0. The molecular formula is C17H20INO. The Morgan fingerprint density at radius 1 is 1.00 bits per heavy atom. The molecule has 106 valence electrons. The summed E-state index contributed by atoms with van der Waals surface area (Å²) in [6, 6.07) is 10.3. The predicted octanol–water partition coefficient (Wildman–Crippen LogP) is 4.27. The highest BCUT2D eigenvalue weighted by Crippen LogP contribution is 2.34.